The SMILES string of the molecule is CC(C)CNC(=O)C(C)Nc1ccc(N(C)C)cc1. The Morgan fingerprint density at radius 2 is 1.74 bits per heavy atom. The summed E-state index contributed by atoms with van der Waals surface area (Å²) >= 11 is 0. The van der Waals surface area contributed by atoms with Crippen LogP contribution in [0.1, 0.15) is 20.8 Å². The summed E-state index contributed by atoms with van der Waals surface area (Å²) in [4.78, 5) is 13.9. The van der Waals surface area contributed by atoms with E-state index in [0.29, 0.717) is 12.5 Å². The highest BCUT2D eigenvalue weighted by atomic mass is 16.2. The quantitative estimate of drug-likeness (QED) is 0.828. The van der Waals surface area contributed by atoms with E-state index in [1.165, 1.54) is 0 Å². The molecule has 1 unspecified atom stereocenters. The molecule has 1 atom stereocenters. The van der Waals surface area contributed by atoms with Gasteiger partial charge < -0.3 is 15.5 Å². The zero-order valence-electron chi connectivity index (χ0n) is 12.5. The van der Waals surface area contributed by atoms with Gasteiger partial charge in [0.1, 0.15) is 6.04 Å². The topological polar surface area (TPSA) is 44.4 Å². The van der Waals surface area contributed by atoms with Crippen molar-refractivity contribution < 1.29 is 4.79 Å². The van der Waals surface area contributed by atoms with Crippen LogP contribution in [0.15, 0.2) is 24.3 Å². The van der Waals surface area contributed by atoms with Gasteiger partial charge in [0.15, 0.2) is 0 Å². The van der Waals surface area contributed by atoms with E-state index < -0.39 is 0 Å². The van der Waals surface area contributed by atoms with Crippen LogP contribution in [0.25, 0.3) is 0 Å². The Morgan fingerprint density at radius 3 is 2.21 bits per heavy atom. The first kappa shape index (κ1) is 15.3. The van der Waals surface area contributed by atoms with Crippen molar-refractivity contribution in [2.45, 2.75) is 26.8 Å². The second-order valence-electron chi connectivity index (χ2n) is 5.45. The van der Waals surface area contributed by atoms with Crippen LogP contribution in [0.2, 0.25) is 0 Å². The monoisotopic (exact) mass is 263 g/mol. The molecule has 19 heavy (non-hydrogen) atoms. The summed E-state index contributed by atoms with van der Waals surface area (Å²) in [7, 11) is 4.01. The molecule has 0 aliphatic rings. The number of nitrogens with one attached hydrogen (secondary N) is 2. The van der Waals surface area contributed by atoms with Crippen LogP contribution in [0.4, 0.5) is 11.4 Å². The molecular formula is C15H25N3O. The standard InChI is InChI=1S/C15H25N3O/c1-11(2)10-16-15(19)12(3)17-13-6-8-14(9-7-13)18(4)5/h6-9,11-12,17H,10H2,1-5H3,(H,16,19). The zero-order valence-corrected chi connectivity index (χ0v) is 12.5. The molecule has 0 aromatic heterocycles. The molecule has 0 saturated heterocycles. The number of amides is 1. The molecule has 0 heterocycles. The second-order valence-corrected chi connectivity index (χ2v) is 5.45. The summed E-state index contributed by atoms with van der Waals surface area (Å²) in [5.41, 5.74) is 2.10. The van der Waals surface area contributed by atoms with Crippen molar-refractivity contribution in [3.63, 3.8) is 0 Å². The second kappa shape index (κ2) is 7.02. The molecule has 1 aromatic rings. The summed E-state index contributed by atoms with van der Waals surface area (Å²) in [5, 5.41) is 6.12. The van der Waals surface area contributed by atoms with Crippen molar-refractivity contribution in [1.29, 1.82) is 0 Å². The fourth-order valence-electron chi connectivity index (χ4n) is 1.63. The molecule has 1 amide bonds. The van der Waals surface area contributed by atoms with E-state index in [1.807, 2.05) is 50.2 Å². The molecule has 4 nitrogen and oxygen atoms in total. The lowest BCUT2D eigenvalue weighted by molar-refractivity contribution is -0.121. The summed E-state index contributed by atoms with van der Waals surface area (Å²) in [6.45, 7) is 6.75. The molecule has 106 valence electrons. The van der Waals surface area contributed by atoms with Crippen LogP contribution in [0.3, 0.4) is 0 Å². The van der Waals surface area contributed by atoms with Gasteiger partial charge in [-0.1, -0.05) is 13.8 Å². The fourth-order valence-corrected chi connectivity index (χ4v) is 1.63. The third kappa shape index (κ3) is 5.20. The van der Waals surface area contributed by atoms with Crippen molar-refractivity contribution in [3.8, 4) is 0 Å². The molecule has 4 heteroatoms. The van der Waals surface area contributed by atoms with E-state index in [1.54, 1.807) is 0 Å². The molecular weight excluding hydrogens is 238 g/mol. The van der Waals surface area contributed by atoms with E-state index in [4.69, 9.17) is 0 Å². The summed E-state index contributed by atoms with van der Waals surface area (Å²) in [5.74, 6) is 0.501. The average Bonchev–Trinajstić information content (AvgIpc) is 2.36. The Labute approximate surface area is 116 Å². The molecule has 0 bridgehead atoms. The number of hydrogen-bond donors (Lipinski definition) is 2. The highest BCUT2D eigenvalue weighted by molar-refractivity contribution is 5.84. The molecule has 2 N–H and O–H groups in total. The smallest absolute Gasteiger partial charge is 0.242 e. The van der Waals surface area contributed by atoms with E-state index >= 15 is 0 Å². The maximum absolute atomic E-state index is 11.8. The maximum Gasteiger partial charge on any atom is 0.242 e. The number of benzene rings is 1. The van der Waals surface area contributed by atoms with E-state index in [9.17, 15) is 4.79 Å². The lowest BCUT2D eigenvalue weighted by Gasteiger charge is -2.17. The van der Waals surface area contributed by atoms with Gasteiger partial charge in [-0.3, -0.25) is 4.79 Å². The van der Waals surface area contributed by atoms with Gasteiger partial charge in [0.25, 0.3) is 0 Å². The Kier molecular flexibility index (Phi) is 5.67. The van der Waals surface area contributed by atoms with Crippen molar-refractivity contribution in [1.82, 2.24) is 5.32 Å². The first-order chi connectivity index (χ1) is 8.90. The van der Waals surface area contributed by atoms with Crippen LogP contribution >= 0.6 is 0 Å². The molecule has 0 saturated carbocycles. The maximum atomic E-state index is 11.8. The van der Waals surface area contributed by atoms with Gasteiger partial charge >= 0.3 is 0 Å². The predicted molar refractivity (Wildman–Crippen MR) is 81.7 cm³/mol. The van der Waals surface area contributed by atoms with Gasteiger partial charge in [-0.25, -0.2) is 0 Å². The van der Waals surface area contributed by atoms with Gasteiger partial charge in [-0.05, 0) is 37.1 Å². The van der Waals surface area contributed by atoms with E-state index in [-0.39, 0.29) is 11.9 Å². The molecule has 0 radical (unpaired) electrons. The Hall–Kier alpha value is -1.71. The molecule has 0 fully saturated rings. The minimum atomic E-state index is -0.232. The Balaban J connectivity index is 2.51. The number of nitrogens with zero attached hydrogens (tertiary/aromatic N) is 1. The summed E-state index contributed by atoms with van der Waals surface area (Å²) in [6, 6.07) is 7.80. The minimum Gasteiger partial charge on any atom is -0.378 e. The lowest BCUT2D eigenvalue weighted by atomic mass is 10.2. The van der Waals surface area contributed by atoms with Gasteiger partial charge in [0.2, 0.25) is 5.91 Å². The molecule has 1 rings (SSSR count). The third-order valence-corrected chi connectivity index (χ3v) is 2.84. The Morgan fingerprint density at radius 1 is 1.16 bits per heavy atom. The van der Waals surface area contributed by atoms with Crippen molar-refractivity contribution in [3.05, 3.63) is 24.3 Å². The number of anilines is 2. The van der Waals surface area contributed by atoms with Crippen molar-refractivity contribution >= 4 is 17.3 Å². The van der Waals surface area contributed by atoms with Crippen LogP contribution in [0.5, 0.6) is 0 Å². The van der Waals surface area contributed by atoms with Crippen molar-refractivity contribution in [2.24, 2.45) is 5.92 Å². The van der Waals surface area contributed by atoms with Gasteiger partial charge in [0.05, 0.1) is 0 Å². The van der Waals surface area contributed by atoms with Crippen LogP contribution in [-0.4, -0.2) is 32.6 Å². The normalized spacial score (nSPS) is 12.1. The van der Waals surface area contributed by atoms with Gasteiger partial charge in [-0.15, -0.1) is 0 Å². The van der Waals surface area contributed by atoms with E-state index in [2.05, 4.69) is 24.5 Å². The highest BCUT2D eigenvalue weighted by Gasteiger charge is 2.12. The minimum absolute atomic E-state index is 0.0328. The molecule has 0 aliphatic carbocycles. The number of rotatable bonds is 6. The summed E-state index contributed by atoms with van der Waals surface area (Å²) < 4.78 is 0. The Bertz CT molecular complexity index is 398. The average molecular weight is 263 g/mol. The number of hydrogen-bond acceptors (Lipinski definition) is 3. The predicted octanol–water partition coefficient (Wildman–Crippen LogP) is 2.33. The van der Waals surface area contributed by atoms with Gasteiger partial charge in [0, 0.05) is 32.0 Å². The zero-order chi connectivity index (χ0) is 14.4. The third-order valence-electron chi connectivity index (χ3n) is 2.84. The van der Waals surface area contributed by atoms with Crippen LogP contribution in [0, 0.1) is 5.92 Å². The molecule has 1 aromatic carbocycles. The fraction of sp³-hybridized carbons (Fsp3) is 0.533. The molecule has 0 aliphatic heterocycles. The summed E-state index contributed by atoms with van der Waals surface area (Å²) in [6.07, 6.45) is 0. The number of carbonyl (C=O) groups excluding carboxylic acids is 1. The van der Waals surface area contributed by atoms with Crippen LogP contribution in [-0.2, 0) is 4.79 Å². The van der Waals surface area contributed by atoms with Crippen LogP contribution < -0.4 is 15.5 Å². The first-order valence-corrected chi connectivity index (χ1v) is 6.71. The molecule has 0 spiro atoms. The lowest BCUT2D eigenvalue weighted by Crippen LogP contribution is -2.39. The van der Waals surface area contributed by atoms with Crippen molar-refractivity contribution in [2.75, 3.05) is 30.9 Å². The van der Waals surface area contributed by atoms with Gasteiger partial charge in [-0.2, -0.15) is 0 Å². The largest absolute Gasteiger partial charge is 0.378 e. The van der Waals surface area contributed by atoms with E-state index in [0.717, 1.165) is 11.4 Å². The highest BCUT2D eigenvalue weighted by Crippen LogP contribution is 2.16. The number of carbonyl (C=O) groups is 1. The first-order valence-electron chi connectivity index (χ1n) is 6.71.